The van der Waals surface area contributed by atoms with Gasteiger partial charge in [-0.1, -0.05) is 129 Å². The highest BCUT2D eigenvalue weighted by Gasteiger charge is 2.23. The van der Waals surface area contributed by atoms with Crippen molar-refractivity contribution in [2.75, 3.05) is 47.9 Å². The molecule has 434 valence electrons. The van der Waals surface area contributed by atoms with Gasteiger partial charge in [-0.25, -0.2) is 0 Å². The summed E-state index contributed by atoms with van der Waals surface area (Å²) in [7, 11) is 0. The molecule has 4 saturated carbocycles. The van der Waals surface area contributed by atoms with Gasteiger partial charge in [0.1, 0.15) is 25.0 Å². The number of thiocarbonyl (C=S) groups is 1. The van der Waals surface area contributed by atoms with E-state index in [1.807, 2.05) is 97.1 Å². The highest BCUT2D eigenvalue weighted by molar-refractivity contribution is 9.10. The lowest BCUT2D eigenvalue weighted by atomic mass is 10.1. The average Bonchev–Trinajstić information content (AvgIpc) is 4.55. The normalized spacial score (nSPS) is 14.1. The Hall–Kier alpha value is -6.38. The number of anilines is 4. The fraction of sp³-hybridized carbons (Fsp3) is 0.281. The minimum Gasteiger partial charge on any atom is -0.398 e. The third kappa shape index (κ3) is 21.0. The van der Waals surface area contributed by atoms with E-state index in [4.69, 9.17) is 40.4 Å². The van der Waals surface area contributed by atoms with Gasteiger partial charge in [0, 0.05) is 100 Å². The summed E-state index contributed by atoms with van der Waals surface area (Å²) < 4.78 is 19.8. The van der Waals surface area contributed by atoms with E-state index in [2.05, 4.69) is 131 Å². The predicted octanol–water partition coefficient (Wildman–Crippen LogP) is 15.9. The van der Waals surface area contributed by atoms with Crippen molar-refractivity contribution >= 4 is 121 Å². The summed E-state index contributed by atoms with van der Waals surface area (Å²) in [6.45, 7) is 5.36. The number of aromatic nitrogens is 4. The van der Waals surface area contributed by atoms with Crippen molar-refractivity contribution in [3.05, 3.63) is 183 Å². The molecule has 5 aromatic carbocycles. The van der Waals surface area contributed by atoms with Crippen LogP contribution in [-0.4, -0.2) is 48.7 Å². The van der Waals surface area contributed by atoms with Gasteiger partial charge in [0.15, 0.2) is 0 Å². The molecule has 0 radical (unpaired) electrons. The van der Waals surface area contributed by atoms with Gasteiger partial charge < -0.3 is 44.2 Å². The minimum absolute atomic E-state index is 0.547. The number of rotatable bonds is 19. The van der Waals surface area contributed by atoms with Gasteiger partial charge in [-0.05, 0) is 180 Å². The lowest BCUT2D eigenvalue weighted by Crippen LogP contribution is -2.22. The van der Waals surface area contributed by atoms with Crippen LogP contribution in [0.5, 0.6) is 0 Å². The van der Waals surface area contributed by atoms with Crippen molar-refractivity contribution in [1.29, 1.82) is 5.26 Å². The van der Waals surface area contributed by atoms with Crippen LogP contribution in [0.25, 0.3) is 50.7 Å². The molecule has 4 aliphatic carbocycles. The van der Waals surface area contributed by atoms with Gasteiger partial charge in [-0.3, -0.25) is 0 Å². The third-order valence-electron chi connectivity index (χ3n) is 14.0. The second kappa shape index (κ2) is 31.7. The van der Waals surface area contributed by atoms with E-state index in [9.17, 15) is 0 Å². The highest BCUT2D eigenvalue weighted by Crippen LogP contribution is 2.34. The number of hydrogen-bond acceptors (Lipinski definition) is 17. The zero-order valence-electron chi connectivity index (χ0n) is 46.5. The molecule has 84 heavy (non-hydrogen) atoms. The lowest BCUT2D eigenvalue weighted by molar-refractivity contribution is 0.780. The summed E-state index contributed by atoms with van der Waals surface area (Å²) in [5.41, 5.74) is 35.8. The Morgan fingerprint density at radius 3 is 1.21 bits per heavy atom. The maximum Gasteiger partial charge on any atom is 0.110 e. The van der Waals surface area contributed by atoms with Crippen molar-refractivity contribution in [2.45, 2.75) is 64.5 Å². The van der Waals surface area contributed by atoms with E-state index in [0.29, 0.717) is 29.3 Å². The van der Waals surface area contributed by atoms with Gasteiger partial charge in [0.05, 0.1) is 34.4 Å². The first-order valence-electron chi connectivity index (χ1n) is 28.2. The van der Waals surface area contributed by atoms with Gasteiger partial charge in [0.25, 0.3) is 0 Å². The number of nitrogens with two attached hydrogens (primary N) is 4. The number of nitriles is 1. The van der Waals surface area contributed by atoms with E-state index >= 15 is 0 Å². The van der Waals surface area contributed by atoms with Gasteiger partial charge in [0.2, 0.25) is 0 Å². The van der Waals surface area contributed by atoms with E-state index in [1.165, 1.54) is 102 Å². The summed E-state index contributed by atoms with van der Waals surface area (Å²) in [5, 5.41) is 26.5. The Labute approximate surface area is 531 Å². The molecule has 4 heterocycles. The van der Waals surface area contributed by atoms with Crippen LogP contribution < -0.4 is 44.2 Å². The number of halogens is 2. The van der Waals surface area contributed by atoms with Gasteiger partial charge in [-0.15, -0.1) is 0 Å². The molecular formula is C64H69Br2N13S5. The summed E-state index contributed by atoms with van der Waals surface area (Å²) in [6.07, 6.45) is 12.7. The maximum absolute atomic E-state index is 8.76. The molecule has 13 rings (SSSR count). The van der Waals surface area contributed by atoms with Crippen LogP contribution in [0.3, 0.4) is 0 Å². The Bertz CT molecular complexity index is 3540. The zero-order valence-corrected chi connectivity index (χ0v) is 53.7. The lowest BCUT2D eigenvalue weighted by Gasteiger charge is -2.06. The Balaban J connectivity index is 0.000000126. The van der Waals surface area contributed by atoms with Crippen LogP contribution in [0.1, 0.15) is 73.6 Å². The summed E-state index contributed by atoms with van der Waals surface area (Å²) in [5.74, 6) is 3.46. The second-order valence-electron chi connectivity index (χ2n) is 21.1. The monoisotopic (exact) mass is 1340 g/mol. The Morgan fingerprint density at radius 1 is 0.512 bits per heavy atom. The molecule has 4 fully saturated rings. The maximum atomic E-state index is 8.76. The molecule has 0 aliphatic heterocycles. The molecule has 0 atom stereocenters. The van der Waals surface area contributed by atoms with Crippen molar-refractivity contribution < 1.29 is 0 Å². The fourth-order valence-electron chi connectivity index (χ4n) is 8.05. The highest BCUT2D eigenvalue weighted by atomic mass is 79.9. The van der Waals surface area contributed by atoms with Crippen LogP contribution in [0.2, 0.25) is 0 Å². The molecular weight excluding hydrogens is 1270 g/mol. The molecule has 9 aromatic rings. The van der Waals surface area contributed by atoms with Crippen LogP contribution in [0, 0.1) is 35.0 Å². The fourth-order valence-corrected chi connectivity index (χ4v) is 11.3. The number of benzene rings is 5. The van der Waals surface area contributed by atoms with Crippen LogP contribution in [0.4, 0.5) is 20.0 Å². The Morgan fingerprint density at radius 2 is 0.857 bits per heavy atom. The first-order chi connectivity index (χ1) is 40.9. The molecule has 0 unspecified atom stereocenters. The van der Waals surface area contributed by atoms with Crippen molar-refractivity contribution in [2.24, 2.45) is 40.9 Å². The largest absolute Gasteiger partial charge is 0.398 e. The topological polar surface area (TPSA) is 228 Å². The van der Waals surface area contributed by atoms with E-state index in [1.54, 1.807) is 11.5 Å². The number of nitrogens with zero attached hydrogens (tertiary/aromatic N) is 5. The zero-order chi connectivity index (χ0) is 58.6. The SMILES string of the molecule is Brc1ccc(-c2cc(NCC3CC3)sn2)cc1.N#Cc1ccc(-c2cc(NCC3CC3)sn2)cc1.NCc1ccc(-c2cc(NCC3CC3)sn2)cc1.NCc1ccc(/C(N)=C/C(=S)NCC2CC2)cc1.Nc1cc(-c2ccc(Br)cc2)ns1. The second-order valence-corrected chi connectivity index (χ2v) is 26.6. The molecule has 13 nitrogen and oxygen atoms in total. The average molecular weight is 1340 g/mol. The van der Waals surface area contributed by atoms with Crippen molar-refractivity contribution in [3.63, 3.8) is 0 Å². The quantitative estimate of drug-likeness (QED) is 0.0278. The predicted molar refractivity (Wildman–Crippen MR) is 366 cm³/mol. The molecule has 4 aliphatic rings. The number of nitrogen functional groups attached to an aromatic ring is 1. The van der Waals surface area contributed by atoms with Crippen LogP contribution in [0.15, 0.2) is 161 Å². The molecule has 0 amide bonds. The van der Waals surface area contributed by atoms with Gasteiger partial charge in [-0.2, -0.15) is 22.8 Å². The summed E-state index contributed by atoms with van der Waals surface area (Å²) >= 11 is 18.0. The molecule has 12 N–H and O–H groups in total. The third-order valence-corrected chi connectivity index (χ3v) is 18.2. The molecule has 0 spiro atoms. The molecule has 0 saturated heterocycles. The van der Waals surface area contributed by atoms with Crippen LogP contribution in [-0.2, 0) is 13.1 Å². The Kier molecular flexibility index (Phi) is 23.4. The molecule has 4 aromatic heterocycles. The minimum atomic E-state index is 0.547. The van der Waals surface area contributed by atoms with Crippen molar-refractivity contribution in [3.8, 4) is 51.1 Å². The molecule has 0 bridgehead atoms. The van der Waals surface area contributed by atoms with E-state index in [-0.39, 0.29) is 0 Å². The van der Waals surface area contributed by atoms with Crippen molar-refractivity contribution in [1.82, 2.24) is 22.8 Å². The summed E-state index contributed by atoms with van der Waals surface area (Å²) in [4.78, 5) is 0.710. The number of hydrogen-bond donors (Lipinski definition) is 8. The first-order valence-corrected chi connectivity index (χ1v) is 33.2. The first kappa shape index (κ1) is 62.2. The summed E-state index contributed by atoms with van der Waals surface area (Å²) in [6, 6.07) is 50.4. The van der Waals surface area contributed by atoms with Gasteiger partial charge >= 0.3 is 0 Å². The standard InChI is InChI=1S/C14H17N3S.C14H13N3S.C14H19N3S.C13H13BrN2S.C9H7BrN2S/c2*15-8-10-3-5-12(6-4-10)13-7-14(18-17-13)16-9-11-1-2-11;15-8-10-3-5-12(6-4-10)13(16)7-14(18)17-9-11-1-2-11;14-11-5-3-10(4-6-11)12-7-13(17-16-12)15-8-9-1-2-9;10-7-3-1-6(2-4-7)8-5-9(11)13-12-8/h3-7,11,16H,1-2,8-9,15H2;3-7,11,16H,1-2,9H2;3-7,11H,1-2,8-9,15-16H2,(H,17,18);3-7,9,15H,1-2,8H2;1-5H,11H2/b;;13-7-;;. The smallest absolute Gasteiger partial charge is 0.110 e. The van der Waals surface area contributed by atoms with Crippen LogP contribution >= 0.6 is 90.2 Å². The number of nitrogens with one attached hydrogen (secondary N) is 4. The van der Waals surface area contributed by atoms with E-state index in [0.717, 1.165) is 125 Å². The van der Waals surface area contributed by atoms with E-state index < -0.39 is 0 Å². The molecule has 20 heteroatoms.